The predicted octanol–water partition coefficient (Wildman–Crippen LogP) is 1.59. The number of carbonyl (C=O) groups excluding carboxylic acids is 1. The SMILES string of the molecule is COC(=O)CCCCNS(=O)(=O)c1ccc(F)cc1F. The highest BCUT2D eigenvalue weighted by molar-refractivity contribution is 7.89. The van der Waals surface area contributed by atoms with Gasteiger partial charge in [-0.1, -0.05) is 0 Å². The molecule has 0 radical (unpaired) electrons. The quantitative estimate of drug-likeness (QED) is 0.613. The van der Waals surface area contributed by atoms with Crippen molar-refractivity contribution < 1.29 is 26.7 Å². The number of nitrogens with one attached hydrogen (secondary N) is 1. The van der Waals surface area contributed by atoms with Crippen molar-refractivity contribution in [3.63, 3.8) is 0 Å². The number of ether oxygens (including phenoxy) is 1. The Morgan fingerprint density at radius 1 is 1.30 bits per heavy atom. The molecule has 0 aliphatic carbocycles. The molecule has 1 aromatic carbocycles. The van der Waals surface area contributed by atoms with Gasteiger partial charge in [-0.05, 0) is 25.0 Å². The number of methoxy groups -OCH3 is 1. The normalized spacial score (nSPS) is 11.3. The van der Waals surface area contributed by atoms with Crippen molar-refractivity contribution in [2.24, 2.45) is 0 Å². The van der Waals surface area contributed by atoms with Crippen LogP contribution < -0.4 is 4.72 Å². The first kappa shape index (κ1) is 16.5. The van der Waals surface area contributed by atoms with Crippen LogP contribution in [0.25, 0.3) is 0 Å². The number of sulfonamides is 1. The molecule has 20 heavy (non-hydrogen) atoms. The molecule has 0 unspecified atom stereocenters. The van der Waals surface area contributed by atoms with Gasteiger partial charge in [0.05, 0.1) is 7.11 Å². The smallest absolute Gasteiger partial charge is 0.305 e. The van der Waals surface area contributed by atoms with Crippen molar-refractivity contribution in [2.75, 3.05) is 13.7 Å². The summed E-state index contributed by atoms with van der Waals surface area (Å²) in [6.45, 7) is 0.0517. The van der Waals surface area contributed by atoms with Crippen molar-refractivity contribution in [1.82, 2.24) is 4.72 Å². The third kappa shape index (κ3) is 4.86. The Bertz CT molecular complexity index is 575. The molecule has 0 amide bonds. The fourth-order valence-corrected chi connectivity index (χ4v) is 2.61. The summed E-state index contributed by atoms with van der Waals surface area (Å²) in [7, 11) is -2.76. The van der Waals surface area contributed by atoms with E-state index in [2.05, 4.69) is 9.46 Å². The zero-order valence-corrected chi connectivity index (χ0v) is 11.7. The lowest BCUT2D eigenvalue weighted by Crippen LogP contribution is -2.25. The Morgan fingerprint density at radius 3 is 2.60 bits per heavy atom. The molecule has 0 saturated heterocycles. The minimum Gasteiger partial charge on any atom is -0.469 e. The van der Waals surface area contributed by atoms with E-state index in [0.717, 1.165) is 12.1 Å². The van der Waals surface area contributed by atoms with Crippen molar-refractivity contribution >= 4 is 16.0 Å². The van der Waals surface area contributed by atoms with Crippen LogP contribution in [-0.4, -0.2) is 28.0 Å². The molecular formula is C12H15F2NO4S. The second kappa shape index (κ2) is 7.30. The van der Waals surface area contributed by atoms with E-state index in [-0.39, 0.29) is 18.9 Å². The van der Waals surface area contributed by atoms with Crippen LogP contribution in [0.2, 0.25) is 0 Å². The zero-order chi connectivity index (χ0) is 15.2. The first-order chi connectivity index (χ1) is 9.36. The van der Waals surface area contributed by atoms with Gasteiger partial charge < -0.3 is 4.74 Å². The van der Waals surface area contributed by atoms with E-state index >= 15 is 0 Å². The fraction of sp³-hybridized carbons (Fsp3) is 0.417. The van der Waals surface area contributed by atoms with Crippen LogP contribution in [0.3, 0.4) is 0 Å². The summed E-state index contributed by atoms with van der Waals surface area (Å²) >= 11 is 0. The van der Waals surface area contributed by atoms with E-state index in [4.69, 9.17) is 0 Å². The number of unbranched alkanes of at least 4 members (excludes halogenated alkanes) is 1. The van der Waals surface area contributed by atoms with E-state index in [1.54, 1.807) is 0 Å². The molecule has 0 bridgehead atoms. The molecule has 1 N–H and O–H groups in total. The van der Waals surface area contributed by atoms with Crippen molar-refractivity contribution in [1.29, 1.82) is 0 Å². The highest BCUT2D eigenvalue weighted by Gasteiger charge is 2.18. The molecule has 112 valence electrons. The highest BCUT2D eigenvalue weighted by atomic mass is 32.2. The van der Waals surface area contributed by atoms with E-state index in [9.17, 15) is 22.0 Å². The van der Waals surface area contributed by atoms with E-state index in [1.807, 2.05) is 0 Å². The second-order valence-corrected chi connectivity index (χ2v) is 5.74. The molecule has 0 aliphatic heterocycles. The van der Waals surface area contributed by atoms with E-state index in [1.165, 1.54) is 7.11 Å². The summed E-state index contributed by atoms with van der Waals surface area (Å²) in [6.07, 6.45) is 1.03. The average molecular weight is 307 g/mol. The maximum Gasteiger partial charge on any atom is 0.305 e. The topological polar surface area (TPSA) is 72.5 Å². The van der Waals surface area contributed by atoms with Crippen molar-refractivity contribution in [3.8, 4) is 0 Å². The summed E-state index contributed by atoms with van der Waals surface area (Å²) < 4.78 is 56.2. The van der Waals surface area contributed by atoms with Gasteiger partial charge in [0.15, 0.2) is 0 Å². The number of esters is 1. The van der Waals surface area contributed by atoms with Gasteiger partial charge in [0.2, 0.25) is 10.0 Å². The number of carbonyl (C=O) groups is 1. The number of rotatable bonds is 7. The van der Waals surface area contributed by atoms with E-state index in [0.29, 0.717) is 18.9 Å². The molecule has 0 aromatic heterocycles. The van der Waals surface area contributed by atoms with Crippen LogP contribution >= 0.6 is 0 Å². The van der Waals surface area contributed by atoms with Crippen LogP contribution in [-0.2, 0) is 19.6 Å². The summed E-state index contributed by atoms with van der Waals surface area (Å²) in [6, 6.07) is 2.24. The molecule has 5 nitrogen and oxygen atoms in total. The van der Waals surface area contributed by atoms with Gasteiger partial charge in [-0.3, -0.25) is 4.79 Å². The lowest BCUT2D eigenvalue weighted by molar-refractivity contribution is -0.140. The summed E-state index contributed by atoms with van der Waals surface area (Å²) in [5.41, 5.74) is 0. The largest absolute Gasteiger partial charge is 0.469 e. The predicted molar refractivity (Wildman–Crippen MR) is 67.4 cm³/mol. The molecule has 0 saturated carbocycles. The minimum atomic E-state index is -4.02. The van der Waals surface area contributed by atoms with Gasteiger partial charge in [0, 0.05) is 19.0 Å². The van der Waals surface area contributed by atoms with Crippen molar-refractivity contribution in [2.45, 2.75) is 24.2 Å². The summed E-state index contributed by atoms with van der Waals surface area (Å²) in [4.78, 5) is 10.2. The molecule has 0 heterocycles. The molecule has 1 aromatic rings. The van der Waals surface area contributed by atoms with Gasteiger partial charge in [0.1, 0.15) is 16.5 Å². The van der Waals surface area contributed by atoms with Gasteiger partial charge in [-0.2, -0.15) is 0 Å². The number of benzene rings is 1. The van der Waals surface area contributed by atoms with E-state index < -0.39 is 26.6 Å². The highest BCUT2D eigenvalue weighted by Crippen LogP contribution is 2.15. The molecule has 0 aliphatic rings. The lowest BCUT2D eigenvalue weighted by atomic mass is 10.2. The molecular weight excluding hydrogens is 292 g/mol. The van der Waals surface area contributed by atoms with Crippen LogP contribution in [0.1, 0.15) is 19.3 Å². The monoisotopic (exact) mass is 307 g/mol. The Labute approximate surface area is 116 Å². The average Bonchev–Trinajstić information content (AvgIpc) is 2.37. The molecule has 8 heteroatoms. The Balaban J connectivity index is 2.52. The molecule has 0 fully saturated rings. The summed E-state index contributed by atoms with van der Waals surface area (Å²) in [5, 5.41) is 0. The van der Waals surface area contributed by atoms with Gasteiger partial charge in [0.25, 0.3) is 0 Å². The first-order valence-electron chi connectivity index (χ1n) is 5.88. The minimum absolute atomic E-state index is 0.0517. The lowest BCUT2D eigenvalue weighted by Gasteiger charge is -2.07. The third-order valence-electron chi connectivity index (χ3n) is 2.51. The van der Waals surface area contributed by atoms with Gasteiger partial charge in [-0.25, -0.2) is 21.9 Å². The van der Waals surface area contributed by atoms with Crippen LogP contribution in [0.5, 0.6) is 0 Å². The van der Waals surface area contributed by atoms with Gasteiger partial charge in [-0.15, -0.1) is 0 Å². The number of hydrogen-bond donors (Lipinski definition) is 1. The second-order valence-electron chi connectivity index (χ2n) is 4.01. The van der Waals surface area contributed by atoms with Crippen LogP contribution in [0.4, 0.5) is 8.78 Å². The maximum absolute atomic E-state index is 13.4. The Hall–Kier alpha value is -1.54. The first-order valence-corrected chi connectivity index (χ1v) is 7.36. The standard InChI is InChI=1S/C12H15F2NO4S/c1-19-12(16)4-2-3-7-15-20(17,18)11-6-5-9(13)8-10(11)14/h5-6,8,15H,2-4,7H2,1H3. The number of halogens is 2. The molecule has 0 spiro atoms. The third-order valence-corrected chi connectivity index (χ3v) is 4.01. The van der Waals surface area contributed by atoms with Gasteiger partial charge >= 0.3 is 5.97 Å². The zero-order valence-electron chi connectivity index (χ0n) is 10.9. The molecule has 0 atom stereocenters. The summed E-state index contributed by atoms with van der Waals surface area (Å²) in [5.74, 6) is -2.37. The fourth-order valence-electron chi connectivity index (χ4n) is 1.47. The maximum atomic E-state index is 13.4. The number of hydrogen-bond acceptors (Lipinski definition) is 4. The Kier molecular flexibility index (Phi) is 6.03. The van der Waals surface area contributed by atoms with Crippen LogP contribution in [0, 0.1) is 11.6 Å². The Morgan fingerprint density at radius 2 is 2.00 bits per heavy atom. The molecule has 1 rings (SSSR count). The van der Waals surface area contributed by atoms with Crippen molar-refractivity contribution in [3.05, 3.63) is 29.8 Å². The van der Waals surface area contributed by atoms with Crippen LogP contribution in [0.15, 0.2) is 23.1 Å².